The summed E-state index contributed by atoms with van der Waals surface area (Å²) in [6, 6.07) is 0. The Morgan fingerprint density at radius 3 is 0.897 bits per heavy atom. The maximum absolute atomic E-state index is 11.5. The lowest BCUT2D eigenvalue weighted by molar-refractivity contribution is -0.119. The Bertz CT molecular complexity index is 309. The van der Waals surface area contributed by atoms with Gasteiger partial charge in [-0.15, -0.1) is 0 Å². The van der Waals surface area contributed by atoms with Crippen molar-refractivity contribution in [3.05, 3.63) is 0 Å². The first kappa shape index (κ1) is 28.7. The van der Waals surface area contributed by atoms with Gasteiger partial charge in [-0.1, -0.05) is 149 Å². The predicted molar refractivity (Wildman–Crippen MR) is 132 cm³/mol. The van der Waals surface area contributed by atoms with Crippen LogP contribution in [0.2, 0.25) is 0 Å². The smallest absolute Gasteiger partial charge is 0.132 e. The summed E-state index contributed by atoms with van der Waals surface area (Å²) in [6.07, 6.45) is 33.9. The average Bonchev–Trinajstić information content (AvgIpc) is 2.72. The number of ketones is 1. The molecule has 29 heavy (non-hydrogen) atoms. The van der Waals surface area contributed by atoms with E-state index in [0.717, 1.165) is 25.7 Å². The molecule has 0 unspecified atom stereocenters. The lowest BCUT2D eigenvalue weighted by Crippen LogP contribution is -1.96. The molecule has 0 aromatic carbocycles. The van der Waals surface area contributed by atoms with Crippen LogP contribution in [0.15, 0.2) is 0 Å². The summed E-state index contributed by atoms with van der Waals surface area (Å²) in [5.74, 6) is 0.473. The highest BCUT2D eigenvalue weighted by Crippen LogP contribution is 2.15. The zero-order valence-corrected chi connectivity index (χ0v) is 20.6. The van der Waals surface area contributed by atoms with Gasteiger partial charge < -0.3 is 0 Å². The monoisotopic (exact) mass is 408 g/mol. The molecule has 0 aliphatic rings. The quantitative estimate of drug-likeness (QED) is 0.137. The summed E-state index contributed by atoms with van der Waals surface area (Å²) in [5, 5.41) is 0. The van der Waals surface area contributed by atoms with Crippen LogP contribution in [-0.4, -0.2) is 5.78 Å². The number of rotatable bonds is 25. The fourth-order valence-corrected chi connectivity index (χ4v) is 4.33. The molecule has 0 saturated carbocycles. The van der Waals surface area contributed by atoms with Gasteiger partial charge in [0.2, 0.25) is 0 Å². The Morgan fingerprint density at radius 1 is 0.345 bits per heavy atom. The van der Waals surface area contributed by atoms with Crippen LogP contribution in [0.1, 0.15) is 174 Å². The van der Waals surface area contributed by atoms with Gasteiger partial charge in [0.15, 0.2) is 0 Å². The van der Waals surface area contributed by atoms with E-state index >= 15 is 0 Å². The summed E-state index contributed by atoms with van der Waals surface area (Å²) in [6.45, 7) is 4.39. The Hall–Kier alpha value is -0.330. The van der Waals surface area contributed by atoms with E-state index < -0.39 is 0 Å². The summed E-state index contributed by atoms with van der Waals surface area (Å²) in [7, 11) is 0. The van der Waals surface area contributed by atoms with E-state index in [4.69, 9.17) is 0 Å². The molecule has 0 aliphatic heterocycles. The molecule has 174 valence electrons. The van der Waals surface area contributed by atoms with Gasteiger partial charge >= 0.3 is 0 Å². The van der Waals surface area contributed by atoms with E-state index in [2.05, 4.69) is 13.8 Å². The Balaban J connectivity index is 3.02. The van der Waals surface area contributed by atoms with Gasteiger partial charge in [-0.2, -0.15) is 0 Å². The van der Waals surface area contributed by atoms with Crippen molar-refractivity contribution in [2.24, 2.45) is 0 Å². The number of hydrogen-bond acceptors (Lipinski definition) is 1. The zero-order valence-electron chi connectivity index (χ0n) is 20.6. The summed E-state index contributed by atoms with van der Waals surface area (Å²) in [5.41, 5.74) is 0. The second kappa shape index (κ2) is 25.7. The first-order chi connectivity index (χ1) is 14.3. The Kier molecular flexibility index (Phi) is 25.4. The molecule has 0 radical (unpaired) electrons. The first-order valence-electron chi connectivity index (χ1n) is 13.8. The fraction of sp³-hybridized carbons (Fsp3) is 0.964. The molecule has 0 aromatic heterocycles. The minimum Gasteiger partial charge on any atom is -0.300 e. The van der Waals surface area contributed by atoms with Gasteiger partial charge in [-0.3, -0.25) is 4.79 Å². The van der Waals surface area contributed by atoms with Gasteiger partial charge in [0.1, 0.15) is 5.78 Å². The van der Waals surface area contributed by atoms with Crippen molar-refractivity contribution in [2.45, 2.75) is 174 Å². The lowest BCUT2D eigenvalue weighted by atomic mass is 10.0. The van der Waals surface area contributed by atoms with Crippen LogP contribution in [0.3, 0.4) is 0 Å². The molecule has 0 heterocycles. The van der Waals surface area contributed by atoms with Gasteiger partial charge in [0.05, 0.1) is 0 Å². The molecule has 0 amide bonds. The largest absolute Gasteiger partial charge is 0.300 e. The molecule has 1 heteroatoms. The minimum absolute atomic E-state index is 0.473. The number of Topliss-reactive ketones (excluding diaryl/α,β-unsaturated/α-hetero) is 1. The number of unbranched alkanes of at least 4 members (excludes halogenated alkanes) is 21. The highest BCUT2D eigenvalue weighted by atomic mass is 16.1. The summed E-state index contributed by atoms with van der Waals surface area (Å²) in [4.78, 5) is 11.5. The van der Waals surface area contributed by atoms with Crippen molar-refractivity contribution in [3.8, 4) is 0 Å². The maximum atomic E-state index is 11.5. The van der Waals surface area contributed by atoms with Gasteiger partial charge in [0, 0.05) is 12.8 Å². The molecule has 0 aromatic rings. The van der Waals surface area contributed by atoms with Gasteiger partial charge in [-0.25, -0.2) is 0 Å². The third-order valence-corrected chi connectivity index (χ3v) is 6.34. The predicted octanol–water partition coefficient (Wildman–Crippen LogP) is 10.3. The zero-order chi connectivity index (χ0) is 21.3. The molecule has 0 fully saturated rings. The topological polar surface area (TPSA) is 17.1 Å². The molecular weight excluding hydrogens is 352 g/mol. The number of hydrogen-bond donors (Lipinski definition) is 0. The van der Waals surface area contributed by atoms with E-state index in [-0.39, 0.29) is 0 Å². The maximum Gasteiger partial charge on any atom is 0.132 e. The van der Waals surface area contributed by atoms with Crippen LogP contribution in [0.25, 0.3) is 0 Å². The highest BCUT2D eigenvalue weighted by molar-refractivity contribution is 5.78. The molecule has 0 N–H and O–H groups in total. The SMILES string of the molecule is CCCCCCCCCCCCCCCCCCCCCCCCC(=O)CCC. The van der Waals surface area contributed by atoms with Gasteiger partial charge in [0.25, 0.3) is 0 Å². The van der Waals surface area contributed by atoms with Crippen LogP contribution >= 0.6 is 0 Å². The fourth-order valence-electron chi connectivity index (χ4n) is 4.33. The third-order valence-electron chi connectivity index (χ3n) is 6.34. The van der Waals surface area contributed by atoms with E-state index in [1.54, 1.807) is 0 Å². The van der Waals surface area contributed by atoms with E-state index in [1.165, 1.54) is 135 Å². The van der Waals surface area contributed by atoms with Crippen molar-refractivity contribution < 1.29 is 4.79 Å². The molecule has 0 atom stereocenters. The van der Waals surface area contributed by atoms with Crippen molar-refractivity contribution in [2.75, 3.05) is 0 Å². The van der Waals surface area contributed by atoms with Crippen molar-refractivity contribution in [1.82, 2.24) is 0 Å². The Morgan fingerprint density at radius 2 is 0.621 bits per heavy atom. The normalized spacial score (nSPS) is 11.2. The second-order valence-electron chi connectivity index (χ2n) is 9.46. The standard InChI is InChI=1S/C28H56O/c1-3-5-6-7-8-9-10-11-12-13-14-15-16-17-18-19-20-21-22-23-24-25-27-28(29)26-4-2/h3-27H2,1-2H3. The highest BCUT2D eigenvalue weighted by Gasteiger charge is 2.00. The lowest BCUT2D eigenvalue weighted by Gasteiger charge is -2.04. The van der Waals surface area contributed by atoms with E-state index in [9.17, 15) is 4.79 Å². The van der Waals surface area contributed by atoms with Crippen LogP contribution in [-0.2, 0) is 4.79 Å². The average molecular weight is 409 g/mol. The Labute approximate surface area is 185 Å². The summed E-state index contributed by atoms with van der Waals surface area (Å²) >= 11 is 0. The molecule has 0 saturated heterocycles. The van der Waals surface area contributed by atoms with Crippen LogP contribution in [0.4, 0.5) is 0 Å². The third kappa shape index (κ3) is 25.6. The minimum atomic E-state index is 0.473. The molecule has 0 rings (SSSR count). The first-order valence-corrected chi connectivity index (χ1v) is 13.8. The van der Waals surface area contributed by atoms with Crippen LogP contribution in [0, 0.1) is 0 Å². The van der Waals surface area contributed by atoms with Crippen molar-refractivity contribution >= 4 is 5.78 Å². The summed E-state index contributed by atoms with van der Waals surface area (Å²) < 4.78 is 0. The molecule has 0 spiro atoms. The number of carbonyl (C=O) groups excluding carboxylic acids is 1. The van der Waals surface area contributed by atoms with Crippen molar-refractivity contribution in [3.63, 3.8) is 0 Å². The van der Waals surface area contributed by atoms with Crippen LogP contribution in [0.5, 0.6) is 0 Å². The molecular formula is C28H56O. The van der Waals surface area contributed by atoms with Gasteiger partial charge in [-0.05, 0) is 12.8 Å². The van der Waals surface area contributed by atoms with E-state index in [0.29, 0.717) is 5.78 Å². The van der Waals surface area contributed by atoms with Crippen molar-refractivity contribution in [1.29, 1.82) is 0 Å². The van der Waals surface area contributed by atoms with E-state index in [1.807, 2.05) is 0 Å². The van der Waals surface area contributed by atoms with Crippen LogP contribution < -0.4 is 0 Å². The molecule has 0 bridgehead atoms. The second-order valence-corrected chi connectivity index (χ2v) is 9.46. The molecule has 0 aliphatic carbocycles. The molecule has 1 nitrogen and oxygen atoms in total. The number of carbonyl (C=O) groups is 1.